The molecular weight excluding hydrogens is 242 g/mol. The summed E-state index contributed by atoms with van der Waals surface area (Å²) in [5, 5.41) is 0. The molecule has 0 aliphatic carbocycles. The van der Waals surface area contributed by atoms with Crippen molar-refractivity contribution < 1.29 is 9.15 Å². The van der Waals surface area contributed by atoms with Gasteiger partial charge < -0.3 is 19.8 Å². The summed E-state index contributed by atoms with van der Waals surface area (Å²) in [6, 6.07) is 6.29. The predicted octanol–water partition coefficient (Wildman–Crippen LogP) is 2.42. The number of oxazole rings is 1. The van der Waals surface area contributed by atoms with Crippen molar-refractivity contribution in [3.05, 3.63) is 18.2 Å². The Labute approximate surface area is 112 Å². The van der Waals surface area contributed by atoms with Gasteiger partial charge in [-0.25, -0.2) is 0 Å². The second-order valence-corrected chi connectivity index (χ2v) is 4.83. The summed E-state index contributed by atoms with van der Waals surface area (Å²) < 4.78 is 11.4. The van der Waals surface area contributed by atoms with E-state index in [1.165, 1.54) is 0 Å². The molecule has 0 spiro atoms. The van der Waals surface area contributed by atoms with Gasteiger partial charge >= 0.3 is 0 Å². The third kappa shape index (κ3) is 2.38. The van der Waals surface area contributed by atoms with Crippen molar-refractivity contribution in [2.75, 3.05) is 30.3 Å². The Balaban J connectivity index is 1.77. The number of aromatic nitrogens is 1. The molecule has 3 rings (SSSR count). The predicted molar refractivity (Wildman–Crippen MR) is 75.3 cm³/mol. The Morgan fingerprint density at radius 1 is 1.42 bits per heavy atom. The number of ether oxygens (including phenoxy) is 1. The first-order valence-electron chi connectivity index (χ1n) is 6.79. The molecule has 1 aliphatic heterocycles. The van der Waals surface area contributed by atoms with Crippen LogP contribution in [-0.4, -0.2) is 30.8 Å². The van der Waals surface area contributed by atoms with E-state index in [0.717, 1.165) is 43.6 Å². The Morgan fingerprint density at radius 2 is 2.21 bits per heavy atom. The molecule has 2 N–H and O–H groups in total. The highest BCUT2D eigenvalue weighted by Crippen LogP contribution is 2.27. The number of hydrogen-bond donors (Lipinski definition) is 1. The van der Waals surface area contributed by atoms with Crippen molar-refractivity contribution in [3.8, 4) is 0 Å². The molecule has 0 atom stereocenters. The van der Waals surface area contributed by atoms with Crippen LogP contribution >= 0.6 is 0 Å². The van der Waals surface area contributed by atoms with Gasteiger partial charge in [0.05, 0.1) is 11.8 Å². The lowest BCUT2D eigenvalue weighted by molar-refractivity contribution is 0.0453. The summed E-state index contributed by atoms with van der Waals surface area (Å²) in [6.07, 6.45) is 2.40. The van der Waals surface area contributed by atoms with E-state index in [-0.39, 0.29) is 0 Å². The monoisotopic (exact) mass is 261 g/mol. The van der Waals surface area contributed by atoms with Gasteiger partial charge in [0.15, 0.2) is 5.58 Å². The molecule has 0 amide bonds. The lowest BCUT2D eigenvalue weighted by Gasteiger charge is -2.30. The Bertz CT molecular complexity index is 559. The molecule has 1 aromatic carbocycles. The molecule has 1 saturated heterocycles. The minimum Gasteiger partial charge on any atom is -0.423 e. The standard InChI is InChI=1S/C14H19N3O2/c1-2-18-10-6-8-17(9-7-10)14-16-13-11(15)4-3-5-12(13)19-14/h3-5,10H,2,6-9,15H2,1H3. The van der Waals surface area contributed by atoms with E-state index in [0.29, 0.717) is 17.8 Å². The number of nitrogens with two attached hydrogens (primary N) is 1. The van der Waals surface area contributed by atoms with Gasteiger partial charge in [0.2, 0.25) is 0 Å². The van der Waals surface area contributed by atoms with Crippen LogP contribution in [0.3, 0.4) is 0 Å². The summed E-state index contributed by atoms with van der Waals surface area (Å²) >= 11 is 0. The Hall–Kier alpha value is -1.75. The first-order valence-corrected chi connectivity index (χ1v) is 6.79. The molecule has 2 aromatic rings. The SMILES string of the molecule is CCOC1CCN(c2nc3c(N)cccc3o2)CC1. The summed E-state index contributed by atoms with van der Waals surface area (Å²) in [5.74, 6) is 0. The maximum Gasteiger partial charge on any atom is 0.298 e. The van der Waals surface area contributed by atoms with E-state index in [1.807, 2.05) is 25.1 Å². The zero-order valence-corrected chi connectivity index (χ0v) is 11.1. The van der Waals surface area contributed by atoms with Crippen LogP contribution in [0.2, 0.25) is 0 Å². The molecule has 0 saturated carbocycles. The number of benzene rings is 1. The molecular formula is C14H19N3O2. The Kier molecular flexibility index (Phi) is 3.29. The van der Waals surface area contributed by atoms with Crippen LogP contribution in [0.5, 0.6) is 0 Å². The maximum atomic E-state index is 5.90. The first kappa shape index (κ1) is 12.3. The second-order valence-electron chi connectivity index (χ2n) is 4.83. The smallest absolute Gasteiger partial charge is 0.298 e. The third-order valence-corrected chi connectivity index (χ3v) is 3.55. The molecule has 0 radical (unpaired) electrons. The summed E-state index contributed by atoms with van der Waals surface area (Å²) in [6.45, 7) is 4.65. The van der Waals surface area contributed by atoms with Gasteiger partial charge in [0.1, 0.15) is 5.52 Å². The number of nitrogens with zero attached hydrogens (tertiary/aromatic N) is 2. The van der Waals surface area contributed by atoms with Crippen molar-refractivity contribution in [2.45, 2.75) is 25.9 Å². The summed E-state index contributed by atoms with van der Waals surface area (Å²) in [5.41, 5.74) is 8.07. The lowest BCUT2D eigenvalue weighted by Crippen LogP contribution is -2.37. The topological polar surface area (TPSA) is 64.5 Å². The van der Waals surface area contributed by atoms with E-state index in [4.69, 9.17) is 14.9 Å². The minimum absolute atomic E-state index is 0.371. The lowest BCUT2D eigenvalue weighted by atomic mass is 10.1. The highest BCUT2D eigenvalue weighted by Gasteiger charge is 2.23. The Morgan fingerprint density at radius 3 is 2.89 bits per heavy atom. The third-order valence-electron chi connectivity index (χ3n) is 3.55. The second kappa shape index (κ2) is 5.09. The van der Waals surface area contributed by atoms with E-state index in [9.17, 15) is 0 Å². The number of fused-ring (bicyclic) bond motifs is 1. The molecule has 1 aliphatic rings. The zero-order chi connectivity index (χ0) is 13.2. The molecule has 5 nitrogen and oxygen atoms in total. The van der Waals surface area contributed by atoms with Gasteiger partial charge in [0.25, 0.3) is 6.01 Å². The van der Waals surface area contributed by atoms with Gasteiger partial charge in [-0.1, -0.05) is 6.07 Å². The van der Waals surface area contributed by atoms with Crippen molar-refractivity contribution in [1.29, 1.82) is 0 Å². The van der Waals surface area contributed by atoms with Crippen molar-refractivity contribution in [3.63, 3.8) is 0 Å². The average Bonchev–Trinajstić information content (AvgIpc) is 2.85. The van der Waals surface area contributed by atoms with Crippen LogP contribution in [0.1, 0.15) is 19.8 Å². The van der Waals surface area contributed by atoms with E-state index >= 15 is 0 Å². The van der Waals surface area contributed by atoms with Crippen LogP contribution in [0, 0.1) is 0 Å². The summed E-state index contributed by atoms with van der Waals surface area (Å²) in [4.78, 5) is 6.66. The van der Waals surface area contributed by atoms with Crippen LogP contribution < -0.4 is 10.6 Å². The van der Waals surface area contributed by atoms with Crippen molar-refractivity contribution >= 4 is 22.8 Å². The van der Waals surface area contributed by atoms with Gasteiger partial charge in [-0.15, -0.1) is 0 Å². The fourth-order valence-electron chi connectivity index (χ4n) is 2.54. The summed E-state index contributed by atoms with van der Waals surface area (Å²) in [7, 11) is 0. The molecule has 2 heterocycles. The van der Waals surface area contributed by atoms with Crippen molar-refractivity contribution in [2.24, 2.45) is 0 Å². The number of piperidine rings is 1. The zero-order valence-electron chi connectivity index (χ0n) is 11.1. The number of nitrogen functional groups attached to an aromatic ring is 1. The van der Waals surface area contributed by atoms with E-state index in [1.54, 1.807) is 0 Å². The molecule has 19 heavy (non-hydrogen) atoms. The van der Waals surface area contributed by atoms with Gasteiger partial charge in [-0.05, 0) is 31.9 Å². The largest absolute Gasteiger partial charge is 0.423 e. The number of rotatable bonds is 3. The number of hydrogen-bond acceptors (Lipinski definition) is 5. The van der Waals surface area contributed by atoms with Crippen LogP contribution in [0.25, 0.3) is 11.1 Å². The molecule has 1 aromatic heterocycles. The van der Waals surface area contributed by atoms with Crippen LogP contribution in [0.4, 0.5) is 11.7 Å². The minimum atomic E-state index is 0.371. The van der Waals surface area contributed by atoms with E-state index < -0.39 is 0 Å². The average molecular weight is 261 g/mol. The highest BCUT2D eigenvalue weighted by atomic mass is 16.5. The molecule has 1 fully saturated rings. The molecule has 102 valence electrons. The highest BCUT2D eigenvalue weighted by molar-refractivity contribution is 5.86. The van der Waals surface area contributed by atoms with Gasteiger partial charge in [0, 0.05) is 19.7 Å². The van der Waals surface area contributed by atoms with Gasteiger partial charge in [-0.3, -0.25) is 0 Å². The number of para-hydroxylation sites is 1. The van der Waals surface area contributed by atoms with Crippen molar-refractivity contribution in [1.82, 2.24) is 4.98 Å². The van der Waals surface area contributed by atoms with Crippen LogP contribution in [0.15, 0.2) is 22.6 Å². The van der Waals surface area contributed by atoms with E-state index in [2.05, 4.69) is 9.88 Å². The van der Waals surface area contributed by atoms with Crippen LogP contribution in [-0.2, 0) is 4.74 Å². The normalized spacial score (nSPS) is 17.2. The maximum absolute atomic E-state index is 5.90. The van der Waals surface area contributed by atoms with Gasteiger partial charge in [-0.2, -0.15) is 4.98 Å². The fraction of sp³-hybridized carbons (Fsp3) is 0.500. The molecule has 0 bridgehead atoms. The fourth-order valence-corrected chi connectivity index (χ4v) is 2.54. The molecule has 0 unspecified atom stereocenters. The first-order chi connectivity index (χ1) is 9.28. The number of anilines is 2. The molecule has 5 heteroatoms. The quantitative estimate of drug-likeness (QED) is 0.860.